The Bertz CT molecular complexity index is 224. The van der Waals surface area contributed by atoms with Crippen molar-refractivity contribution in [1.29, 1.82) is 0 Å². The van der Waals surface area contributed by atoms with Gasteiger partial charge < -0.3 is 4.74 Å². The van der Waals surface area contributed by atoms with Crippen LogP contribution >= 0.6 is 0 Å². The third kappa shape index (κ3) is 4.66. The van der Waals surface area contributed by atoms with Gasteiger partial charge in [-0.2, -0.15) is 0 Å². The lowest BCUT2D eigenvalue weighted by Crippen LogP contribution is -2.41. The molecule has 1 saturated carbocycles. The maximum Gasteiger partial charge on any atom is 0.309 e. The summed E-state index contributed by atoms with van der Waals surface area (Å²) in [5, 5.41) is 0. The molecule has 0 amide bonds. The van der Waals surface area contributed by atoms with E-state index >= 15 is 0 Å². The first kappa shape index (κ1) is 14.5. The molecule has 1 rings (SSSR count). The number of esters is 1. The average molecular weight is 241 g/mol. The Balaban J connectivity index is 2.41. The molecule has 0 aromatic heterocycles. The molecule has 0 N–H and O–H groups in total. The number of carbonyl (C=O) groups is 1. The van der Waals surface area contributed by atoms with E-state index in [0.717, 1.165) is 13.1 Å². The van der Waals surface area contributed by atoms with Gasteiger partial charge in [0.2, 0.25) is 0 Å². The van der Waals surface area contributed by atoms with E-state index < -0.39 is 0 Å². The molecule has 3 nitrogen and oxygen atoms in total. The quantitative estimate of drug-likeness (QED) is 0.670. The van der Waals surface area contributed by atoms with E-state index in [-0.39, 0.29) is 11.9 Å². The van der Waals surface area contributed by atoms with Crippen LogP contribution in [0, 0.1) is 5.92 Å². The molecule has 0 aliphatic heterocycles. The van der Waals surface area contributed by atoms with E-state index in [2.05, 4.69) is 11.8 Å². The van der Waals surface area contributed by atoms with E-state index in [1.165, 1.54) is 32.1 Å². The third-order valence-corrected chi connectivity index (χ3v) is 3.69. The van der Waals surface area contributed by atoms with Crippen molar-refractivity contribution in [2.24, 2.45) is 5.92 Å². The summed E-state index contributed by atoms with van der Waals surface area (Å²) in [5.74, 6) is -0.0569. The molecule has 1 aliphatic carbocycles. The van der Waals surface area contributed by atoms with Gasteiger partial charge in [-0.25, -0.2) is 0 Å². The van der Waals surface area contributed by atoms with Gasteiger partial charge in [0.15, 0.2) is 0 Å². The van der Waals surface area contributed by atoms with Crippen LogP contribution in [-0.4, -0.2) is 36.6 Å². The molecule has 1 unspecified atom stereocenters. The number of carbonyl (C=O) groups excluding carboxylic acids is 1. The molecule has 3 heteroatoms. The van der Waals surface area contributed by atoms with Gasteiger partial charge >= 0.3 is 5.97 Å². The highest BCUT2D eigenvalue weighted by Gasteiger charge is 2.24. The first-order chi connectivity index (χ1) is 8.19. The number of hydrogen-bond acceptors (Lipinski definition) is 3. The fourth-order valence-corrected chi connectivity index (χ4v) is 2.69. The second-order valence-corrected chi connectivity index (χ2v) is 5.03. The summed E-state index contributed by atoms with van der Waals surface area (Å²) in [5.41, 5.74) is 0. The van der Waals surface area contributed by atoms with Crippen molar-refractivity contribution in [3.8, 4) is 0 Å². The predicted octanol–water partition coefficient (Wildman–Crippen LogP) is 2.84. The molecule has 0 aromatic rings. The lowest BCUT2D eigenvalue weighted by molar-refractivity contribution is -0.148. The van der Waals surface area contributed by atoms with Crippen molar-refractivity contribution >= 4 is 5.97 Å². The Morgan fingerprint density at radius 1 is 1.29 bits per heavy atom. The van der Waals surface area contributed by atoms with Crippen LogP contribution in [0.15, 0.2) is 0 Å². The predicted molar refractivity (Wildman–Crippen MR) is 69.9 cm³/mol. The van der Waals surface area contributed by atoms with E-state index in [9.17, 15) is 4.79 Å². The van der Waals surface area contributed by atoms with Gasteiger partial charge in [-0.1, -0.05) is 33.1 Å². The zero-order valence-corrected chi connectivity index (χ0v) is 11.6. The maximum atomic E-state index is 11.6. The molecule has 17 heavy (non-hydrogen) atoms. The lowest BCUT2D eigenvalue weighted by atomic mass is 9.93. The number of rotatable bonds is 6. The average Bonchev–Trinajstić information content (AvgIpc) is 2.37. The Morgan fingerprint density at radius 3 is 2.47 bits per heavy atom. The van der Waals surface area contributed by atoms with Crippen molar-refractivity contribution in [2.75, 3.05) is 19.7 Å². The monoisotopic (exact) mass is 241 g/mol. The van der Waals surface area contributed by atoms with Crippen molar-refractivity contribution in [3.05, 3.63) is 0 Å². The summed E-state index contributed by atoms with van der Waals surface area (Å²) < 4.78 is 5.07. The standard InChI is InChI=1S/C14H27NO2/c1-4-15(13-9-7-6-8-10-13)11-12(3)14(16)17-5-2/h12-13H,4-11H2,1-3H3. The molecule has 0 radical (unpaired) electrons. The van der Waals surface area contributed by atoms with Crippen LogP contribution in [0.25, 0.3) is 0 Å². The lowest BCUT2D eigenvalue weighted by Gasteiger charge is -2.34. The SMILES string of the molecule is CCOC(=O)C(C)CN(CC)C1CCCCC1. The molecule has 1 fully saturated rings. The summed E-state index contributed by atoms with van der Waals surface area (Å²) in [4.78, 5) is 14.1. The van der Waals surface area contributed by atoms with Crippen molar-refractivity contribution in [1.82, 2.24) is 4.90 Å². The van der Waals surface area contributed by atoms with Gasteiger partial charge in [-0.15, -0.1) is 0 Å². The third-order valence-electron chi connectivity index (χ3n) is 3.69. The van der Waals surface area contributed by atoms with Gasteiger partial charge in [-0.05, 0) is 26.3 Å². The van der Waals surface area contributed by atoms with Crippen molar-refractivity contribution in [3.63, 3.8) is 0 Å². The van der Waals surface area contributed by atoms with Crippen LogP contribution < -0.4 is 0 Å². The summed E-state index contributed by atoms with van der Waals surface area (Å²) >= 11 is 0. The second-order valence-electron chi connectivity index (χ2n) is 5.03. The maximum absolute atomic E-state index is 11.6. The number of nitrogens with zero attached hydrogens (tertiary/aromatic N) is 1. The van der Waals surface area contributed by atoms with Gasteiger partial charge in [0.1, 0.15) is 0 Å². The van der Waals surface area contributed by atoms with Crippen LogP contribution in [0.5, 0.6) is 0 Å². The molecule has 1 atom stereocenters. The normalized spacial score (nSPS) is 19.3. The summed E-state index contributed by atoms with van der Waals surface area (Å²) in [7, 11) is 0. The highest BCUT2D eigenvalue weighted by molar-refractivity contribution is 5.72. The number of ether oxygens (including phenoxy) is 1. The van der Waals surface area contributed by atoms with E-state index in [1.807, 2.05) is 13.8 Å². The molecule has 0 aromatic carbocycles. The van der Waals surface area contributed by atoms with Crippen LogP contribution in [0.2, 0.25) is 0 Å². The first-order valence-electron chi connectivity index (χ1n) is 7.09. The minimum Gasteiger partial charge on any atom is -0.466 e. The first-order valence-corrected chi connectivity index (χ1v) is 7.09. The number of hydrogen-bond donors (Lipinski definition) is 0. The molecular weight excluding hydrogens is 214 g/mol. The van der Waals surface area contributed by atoms with Gasteiger partial charge in [0, 0.05) is 12.6 Å². The largest absolute Gasteiger partial charge is 0.466 e. The summed E-state index contributed by atoms with van der Waals surface area (Å²) in [6, 6.07) is 0.686. The Kier molecular flexibility index (Phi) is 6.56. The highest BCUT2D eigenvalue weighted by atomic mass is 16.5. The molecule has 0 saturated heterocycles. The molecule has 0 spiro atoms. The molecule has 0 bridgehead atoms. The van der Waals surface area contributed by atoms with Crippen molar-refractivity contribution in [2.45, 2.75) is 58.9 Å². The van der Waals surface area contributed by atoms with Gasteiger partial charge in [0.05, 0.1) is 12.5 Å². The van der Waals surface area contributed by atoms with E-state index in [4.69, 9.17) is 4.74 Å². The fraction of sp³-hybridized carbons (Fsp3) is 0.929. The van der Waals surface area contributed by atoms with Crippen LogP contribution in [-0.2, 0) is 9.53 Å². The van der Waals surface area contributed by atoms with Crippen LogP contribution in [0.4, 0.5) is 0 Å². The highest BCUT2D eigenvalue weighted by Crippen LogP contribution is 2.23. The minimum absolute atomic E-state index is 0.00294. The minimum atomic E-state index is -0.0539. The topological polar surface area (TPSA) is 29.5 Å². The van der Waals surface area contributed by atoms with E-state index in [1.54, 1.807) is 0 Å². The van der Waals surface area contributed by atoms with E-state index in [0.29, 0.717) is 12.6 Å². The molecule has 1 aliphatic rings. The molecule has 0 heterocycles. The van der Waals surface area contributed by atoms with Crippen molar-refractivity contribution < 1.29 is 9.53 Å². The second kappa shape index (κ2) is 7.70. The summed E-state index contributed by atoms with van der Waals surface area (Å²) in [6.45, 7) is 8.40. The molecule has 100 valence electrons. The molecular formula is C14H27NO2. The summed E-state index contributed by atoms with van der Waals surface area (Å²) in [6.07, 6.45) is 6.65. The Morgan fingerprint density at radius 2 is 1.94 bits per heavy atom. The Hall–Kier alpha value is -0.570. The fourth-order valence-electron chi connectivity index (χ4n) is 2.69. The zero-order valence-electron chi connectivity index (χ0n) is 11.6. The van der Waals surface area contributed by atoms with Crippen LogP contribution in [0.1, 0.15) is 52.9 Å². The van der Waals surface area contributed by atoms with Gasteiger partial charge in [-0.3, -0.25) is 9.69 Å². The smallest absolute Gasteiger partial charge is 0.309 e. The van der Waals surface area contributed by atoms with Crippen LogP contribution in [0.3, 0.4) is 0 Å². The Labute approximate surface area is 106 Å². The van der Waals surface area contributed by atoms with Gasteiger partial charge in [0.25, 0.3) is 0 Å². The zero-order chi connectivity index (χ0) is 12.7.